The summed E-state index contributed by atoms with van der Waals surface area (Å²) in [6.45, 7) is 8.14. The van der Waals surface area contributed by atoms with Crippen molar-refractivity contribution in [3.63, 3.8) is 0 Å². The molecule has 0 saturated heterocycles. The van der Waals surface area contributed by atoms with Gasteiger partial charge in [-0.25, -0.2) is 4.68 Å². The fraction of sp³-hybridized carbons (Fsp3) is 0.444. The first-order chi connectivity index (χ1) is 11.4. The van der Waals surface area contributed by atoms with Crippen molar-refractivity contribution >= 4 is 22.5 Å². The summed E-state index contributed by atoms with van der Waals surface area (Å²) >= 11 is 0. The Morgan fingerprint density at radius 3 is 2.79 bits per heavy atom. The lowest BCUT2D eigenvalue weighted by molar-refractivity contribution is -0.116. The van der Waals surface area contributed by atoms with Gasteiger partial charge in [-0.05, 0) is 37.0 Å². The Hall–Kier alpha value is -1.95. The largest absolute Gasteiger partial charge is 0.310 e. The maximum atomic E-state index is 12.3. The highest BCUT2D eigenvalue weighted by atomic mass is 32.2. The van der Waals surface area contributed by atoms with E-state index in [1.165, 1.54) is 5.56 Å². The Balaban J connectivity index is 2.07. The molecule has 1 amide bonds. The van der Waals surface area contributed by atoms with Crippen LogP contribution in [0.3, 0.4) is 0 Å². The molecule has 0 fully saturated rings. The van der Waals surface area contributed by atoms with Crippen molar-refractivity contribution in [1.82, 2.24) is 9.78 Å². The summed E-state index contributed by atoms with van der Waals surface area (Å²) in [5.74, 6) is 1.84. The molecular weight excluding hydrogens is 322 g/mol. The number of nitrogens with zero attached hydrogens (tertiary/aromatic N) is 2. The number of nitrogens with one attached hydrogen (secondary N) is 1. The van der Waals surface area contributed by atoms with Gasteiger partial charge >= 0.3 is 0 Å². The standard InChI is InChI=1S/C18H23N3O2S/c1-11(2)8-17(22)19-18-14-9-24(23)10-15(14)20-21(18)16-7-5-6-12(3)13(16)4/h5-7,11H,8-10H2,1-4H3,(H,19,22). The lowest BCUT2D eigenvalue weighted by Crippen LogP contribution is -2.18. The number of anilines is 1. The van der Waals surface area contributed by atoms with Crippen LogP contribution in [0.5, 0.6) is 0 Å². The first-order valence-corrected chi connectivity index (χ1v) is 9.67. The van der Waals surface area contributed by atoms with Gasteiger partial charge in [0.25, 0.3) is 0 Å². The number of aryl methyl sites for hydroxylation is 1. The average molecular weight is 345 g/mol. The number of carbonyl (C=O) groups is 1. The molecule has 0 spiro atoms. The second-order valence-electron chi connectivity index (χ2n) is 6.78. The van der Waals surface area contributed by atoms with Crippen LogP contribution >= 0.6 is 0 Å². The van der Waals surface area contributed by atoms with Gasteiger partial charge in [0.1, 0.15) is 5.82 Å². The third kappa shape index (κ3) is 3.15. The van der Waals surface area contributed by atoms with Crippen LogP contribution in [0.2, 0.25) is 0 Å². The van der Waals surface area contributed by atoms with Crippen LogP contribution in [0.1, 0.15) is 42.7 Å². The molecule has 6 heteroatoms. The number of fused-ring (bicyclic) bond motifs is 1. The summed E-state index contributed by atoms with van der Waals surface area (Å²) in [4.78, 5) is 12.3. The maximum Gasteiger partial charge on any atom is 0.225 e. The Morgan fingerprint density at radius 2 is 2.08 bits per heavy atom. The predicted octanol–water partition coefficient (Wildman–Crippen LogP) is 3.24. The van der Waals surface area contributed by atoms with Crippen LogP contribution in [-0.2, 0) is 27.1 Å². The molecule has 1 aliphatic heterocycles. The fourth-order valence-corrected chi connectivity index (χ4v) is 4.21. The minimum atomic E-state index is -0.926. The number of amides is 1. The Morgan fingerprint density at radius 1 is 1.33 bits per heavy atom. The van der Waals surface area contributed by atoms with Gasteiger partial charge in [0.05, 0.1) is 22.9 Å². The minimum absolute atomic E-state index is 0.0306. The number of carbonyl (C=O) groups excluding carboxylic acids is 1. The number of hydrogen-bond donors (Lipinski definition) is 1. The van der Waals surface area contributed by atoms with Crippen molar-refractivity contribution in [3.8, 4) is 5.69 Å². The van der Waals surface area contributed by atoms with Crippen LogP contribution in [0.4, 0.5) is 5.82 Å². The van der Waals surface area contributed by atoms with Crippen LogP contribution in [0.25, 0.3) is 5.69 Å². The van der Waals surface area contributed by atoms with E-state index < -0.39 is 10.8 Å². The van der Waals surface area contributed by atoms with Crippen LogP contribution in [0.15, 0.2) is 18.2 Å². The van der Waals surface area contributed by atoms with Gasteiger partial charge in [0, 0.05) is 22.8 Å². The van der Waals surface area contributed by atoms with Gasteiger partial charge in [-0.1, -0.05) is 26.0 Å². The van der Waals surface area contributed by atoms with Crippen molar-refractivity contribution in [1.29, 1.82) is 0 Å². The predicted molar refractivity (Wildman–Crippen MR) is 96.7 cm³/mol. The zero-order valence-electron chi connectivity index (χ0n) is 14.5. The Kier molecular flexibility index (Phi) is 4.58. The summed E-state index contributed by atoms with van der Waals surface area (Å²) in [5.41, 5.74) is 4.99. The molecule has 1 N–H and O–H groups in total. The minimum Gasteiger partial charge on any atom is -0.310 e. The van der Waals surface area contributed by atoms with E-state index in [0.29, 0.717) is 23.7 Å². The molecule has 1 unspecified atom stereocenters. The summed E-state index contributed by atoms with van der Waals surface area (Å²) < 4.78 is 13.7. The third-order valence-corrected chi connectivity index (χ3v) is 5.53. The molecule has 1 atom stereocenters. The highest BCUT2D eigenvalue weighted by Gasteiger charge is 2.28. The third-order valence-electron chi connectivity index (χ3n) is 4.33. The number of aromatic nitrogens is 2. The molecule has 5 nitrogen and oxygen atoms in total. The molecule has 3 rings (SSSR count). The van der Waals surface area contributed by atoms with E-state index in [4.69, 9.17) is 0 Å². The number of benzene rings is 1. The van der Waals surface area contributed by atoms with Crippen LogP contribution < -0.4 is 5.32 Å². The van der Waals surface area contributed by atoms with E-state index in [0.717, 1.165) is 22.5 Å². The maximum absolute atomic E-state index is 12.3. The number of rotatable bonds is 4. The molecule has 0 bridgehead atoms. The van der Waals surface area contributed by atoms with Crippen molar-refractivity contribution in [2.24, 2.45) is 5.92 Å². The van der Waals surface area contributed by atoms with Gasteiger partial charge in [-0.3, -0.25) is 9.00 Å². The van der Waals surface area contributed by atoms with Gasteiger partial charge in [0.15, 0.2) is 0 Å². The summed E-state index contributed by atoms with van der Waals surface area (Å²) in [5, 5.41) is 7.67. The first-order valence-electron chi connectivity index (χ1n) is 8.19. The summed E-state index contributed by atoms with van der Waals surface area (Å²) in [6.07, 6.45) is 0.454. The van der Waals surface area contributed by atoms with E-state index in [1.54, 1.807) is 0 Å². The zero-order valence-corrected chi connectivity index (χ0v) is 15.4. The van der Waals surface area contributed by atoms with Crippen molar-refractivity contribution < 1.29 is 9.00 Å². The quantitative estimate of drug-likeness (QED) is 0.925. The molecule has 1 aliphatic rings. The molecule has 0 saturated carbocycles. The molecule has 128 valence electrons. The Bertz CT molecular complexity index is 824. The SMILES string of the molecule is Cc1cccc(-n2nc3c(c2NC(=O)CC(C)C)CS(=O)C3)c1C. The van der Waals surface area contributed by atoms with E-state index in [9.17, 15) is 9.00 Å². The molecule has 1 aromatic carbocycles. The first kappa shape index (κ1) is 16.9. The van der Waals surface area contributed by atoms with Gasteiger partial charge in [-0.2, -0.15) is 5.10 Å². The summed E-state index contributed by atoms with van der Waals surface area (Å²) in [7, 11) is -0.926. The lowest BCUT2D eigenvalue weighted by Gasteiger charge is -2.14. The molecule has 2 aromatic rings. The topological polar surface area (TPSA) is 64.0 Å². The fourth-order valence-electron chi connectivity index (χ4n) is 2.95. The van der Waals surface area contributed by atoms with E-state index in [1.807, 2.05) is 30.7 Å². The molecule has 2 heterocycles. The zero-order chi connectivity index (χ0) is 17.4. The van der Waals surface area contributed by atoms with Gasteiger partial charge in [-0.15, -0.1) is 0 Å². The normalized spacial score (nSPS) is 16.5. The molecular formula is C18H23N3O2S. The van der Waals surface area contributed by atoms with Gasteiger partial charge < -0.3 is 5.32 Å². The second kappa shape index (κ2) is 6.51. The highest BCUT2D eigenvalue weighted by molar-refractivity contribution is 7.83. The van der Waals surface area contributed by atoms with Crippen LogP contribution in [0, 0.1) is 19.8 Å². The van der Waals surface area contributed by atoms with E-state index >= 15 is 0 Å². The second-order valence-corrected chi connectivity index (χ2v) is 8.24. The van der Waals surface area contributed by atoms with Crippen molar-refractivity contribution in [2.45, 2.75) is 45.6 Å². The average Bonchev–Trinajstić information content (AvgIpc) is 2.99. The number of hydrogen-bond acceptors (Lipinski definition) is 3. The molecule has 24 heavy (non-hydrogen) atoms. The molecule has 0 radical (unpaired) electrons. The van der Waals surface area contributed by atoms with E-state index in [-0.39, 0.29) is 11.8 Å². The van der Waals surface area contributed by atoms with Crippen molar-refractivity contribution in [3.05, 3.63) is 40.6 Å². The molecule has 0 aliphatic carbocycles. The monoisotopic (exact) mass is 345 g/mol. The highest BCUT2D eigenvalue weighted by Crippen LogP contribution is 2.32. The van der Waals surface area contributed by atoms with Crippen molar-refractivity contribution in [2.75, 3.05) is 5.32 Å². The smallest absolute Gasteiger partial charge is 0.225 e. The lowest BCUT2D eigenvalue weighted by atomic mass is 10.1. The summed E-state index contributed by atoms with van der Waals surface area (Å²) in [6, 6.07) is 6.05. The van der Waals surface area contributed by atoms with Gasteiger partial charge in [0.2, 0.25) is 5.91 Å². The molecule has 1 aromatic heterocycles. The van der Waals surface area contributed by atoms with E-state index in [2.05, 4.69) is 30.3 Å². The Labute approximate surface area is 144 Å². The van der Waals surface area contributed by atoms with Crippen LogP contribution in [-0.4, -0.2) is 19.9 Å².